The molecule has 0 heterocycles. The Kier molecular flexibility index (Phi) is 4.26. The normalized spacial score (nSPS) is 13.3. The Morgan fingerprint density at radius 1 is 0.778 bits per heavy atom. The number of nitro groups is 1. The van der Waals surface area contributed by atoms with E-state index in [1.165, 1.54) is 24.3 Å². The summed E-state index contributed by atoms with van der Waals surface area (Å²) in [6.45, 7) is 0. The van der Waals surface area contributed by atoms with Crippen molar-refractivity contribution >= 4 is 22.8 Å². The molecule has 5 nitrogen and oxygen atoms in total. The fourth-order valence-electron chi connectivity index (χ4n) is 3.06. The molecule has 1 aliphatic rings. The van der Waals surface area contributed by atoms with Gasteiger partial charge in [-0.2, -0.15) is 0 Å². The fraction of sp³-hybridized carbons (Fsp3) is 0.0455. The summed E-state index contributed by atoms with van der Waals surface area (Å²) < 4.78 is 5.70. The van der Waals surface area contributed by atoms with E-state index in [0.29, 0.717) is 0 Å². The van der Waals surface area contributed by atoms with Crippen molar-refractivity contribution in [2.24, 2.45) is 0 Å². The molecule has 0 N–H and O–H groups in total. The van der Waals surface area contributed by atoms with Gasteiger partial charge in [-0.3, -0.25) is 10.1 Å². The van der Waals surface area contributed by atoms with Crippen LogP contribution in [0.1, 0.15) is 21.5 Å². The molecule has 132 valence electrons. The van der Waals surface area contributed by atoms with Crippen LogP contribution >= 0.6 is 0 Å². The van der Waals surface area contributed by atoms with Crippen LogP contribution < -0.4 is 0 Å². The molecule has 4 rings (SSSR count). The van der Waals surface area contributed by atoms with Gasteiger partial charge in [0.2, 0.25) is 0 Å². The molecule has 27 heavy (non-hydrogen) atoms. The number of benzene rings is 3. The van der Waals surface area contributed by atoms with Crippen molar-refractivity contribution in [3.05, 3.63) is 112 Å². The molecule has 0 fully saturated rings. The molecular formula is C22H15NO4. The predicted molar refractivity (Wildman–Crippen MR) is 102 cm³/mol. The van der Waals surface area contributed by atoms with Gasteiger partial charge in [0, 0.05) is 23.3 Å². The van der Waals surface area contributed by atoms with Crippen molar-refractivity contribution in [2.75, 3.05) is 0 Å². The van der Waals surface area contributed by atoms with E-state index in [0.717, 1.165) is 22.3 Å². The lowest BCUT2D eigenvalue weighted by atomic mass is 10.1. The minimum Gasteiger partial charge on any atom is -0.449 e. The van der Waals surface area contributed by atoms with E-state index in [4.69, 9.17) is 4.74 Å². The molecule has 0 aromatic heterocycles. The minimum atomic E-state index is -0.505. The number of ether oxygens (including phenoxy) is 1. The number of nitro benzene ring substituents is 1. The Morgan fingerprint density at radius 3 is 1.70 bits per heavy atom. The van der Waals surface area contributed by atoms with Crippen molar-refractivity contribution in [2.45, 2.75) is 6.10 Å². The monoisotopic (exact) mass is 357 g/mol. The number of non-ortho nitro benzene ring substituents is 1. The van der Waals surface area contributed by atoms with E-state index >= 15 is 0 Å². The summed E-state index contributed by atoms with van der Waals surface area (Å²) in [5.41, 5.74) is 4.21. The molecule has 0 radical (unpaired) electrons. The zero-order valence-electron chi connectivity index (χ0n) is 14.2. The number of carbonyl (C=O) groups is 1. The second-order valence-corrected chi connectivity index (χ2v) is 6.15. The van der Waals surface area contributed by atoms with Gasteiger partial charge >= 0.3 is 5.97 Å². The van der Waals surface area contributed by atoms with Crippen LogP contribution in [0.2, 0.25) is 0 Å². The lowest BCUT2D eigenvalue weighted by Crippen LogP contribution is -2.10. The summed E-state index contributed by atoms with van der Waals surface area (Å²) in [5, 5.41) is 10.8. The van der Waals surface area contributed by atoms with E-state index in [2.05, 4.69) is 0 Å². The first kappa shape index (κ1) is 16.7. The van der Waals surface area contributed by atoms with Crippen molar-refractivity contribution in [1.82, 2.24) is 0 Å². The predicted octanol–water partition coefficient (Wildman–Crippen LogP) is 4.74. The molecule has 0 unspecified atom stereocenters. The highest BCUT2D eigenvalue weighted by molar-refractivity contribution is 6.14. The Hall–Kier alpha value is -3.73. The third-order valence-corrected chi connectivity index (χ3v) is 4.44. The number of hydrogen-bond donors (Lipinski definition) is 0. The molecule has 0 spiro atoms. The summed E-state index contributed by atoms with van der Waals surface area (Å²) in [6.07, 6.45) is -0.419. The third-order valence-electron chi connectivity index (χ3n) is 4.44. The first-order valence-corrected chi connectivity index (χ1v) is 8.45. The van der Waals surface area contributed by atoms with Crippen molar-refractivity contribution in [3.63, 3.8) is 0 Å². The zero-order valence-corrected chi connectivity index (χ0v) is 14.2. The molecule has 1 aliphatic carbocycles. The van der Waals surface area contributed by atoms with Gasteiger partial charge in [-0.05, 0) is 23.3 Å². The lowest BCUT2D eigenvalue weighted by molar-refractivity contribution is -0.384. The molecule has 5 heteroatoms. The summed E-state index contributed by atoms with van der Waals surface area (Å²) in [6, 6.07) is 25.0. The molecule has 0 aliphatic heterocycles. The second-order valence-electron chi connectivity index (χ2n) is 6.15. The number of rotatable bonds is 5. The molecule has 3 aromatic carbocycles. The molecular weight excluding hydrogens is 342 g/mol. The number of hydrogen-bond acceptors (Lipinski definition) is 4. The van der Waals surface area contributed by atoms with Gasteiger partial charge in [0.15, 0.2) is 6.10 Å². The van der Waals surface area contributed by atoms with E-state index < -0.39 is 17.0 Å². The van der Waals surface area contributed by atoms with Gasteiger partial charge < -0.3 is 4.74 Å². The average molecular weight is 357 g/mol. The number of esters is 1. The van der Waals surface area contributed by atoms with Crippen molar-refractivity contribution in [1.29, 1.82) is 0 Å². The number of nitrogens with zero attached hydrogens (tertiary/aromatic N) is 1. The van der Waals surface area contributed by atoms with Gasteiger partial charge in [-0.15, -0.1) is 0 Å². The van der Waals surface area contributed by atoms with Crippen LogP contribution in [-0.4, -0.2) is 17.0 Å². The quantitative estimate of drug-likeness (QED) is 0.375. The van der Waals surface area contributed by atoms with E-state index in [-0.39, 0.29) is 11.3 Å². The highest BCUT2D eigenvalue weighted by atomic mass is 16.6. The first-order valence-electron chi connectivity index (χ1n) is 8.45. The van der Waals surface area contributed by atoms with Gasteiger partial charge in [0.25, 0.3) is 5.69 Å². The topological polar surface area (TPSA) is 69.4 Å². The van der Waals surface area contributed by atoms with Gasteiger partial charge in [-0.1, -0.05) is 60.7 Å². The lowest BCUT2D eigenvalue weighted by Gasteiger charge is -2.06. The fourth-order valence-corrected chi connectivity index (χ4v) is 3.06. The Bertz CT molecular complexity index is 975. The third kappa shape index (κ3) is 3.35. The summed E-state index contributed by atoms with van der Waals surface area (Å²) in [4.78, 5) is 22.8. The Balaban J connectivity index is 1.58. The van der Waals surface area contributed by atoms with E-state index in [1.54, 1.807) is 0 Å². The first-order chi connectivity index (χ1) is 13.1. The smallest absolute Gasteiger partial charge is 0.339 e. The highest BCUT2D eigenvalue weighted by Gasteiger charge is 2.41. The molecule has 0 saturated heterocycles. The van der Waals surface area contributed by atoms with Crippen LogP contribution in [0, 0.1) is 10.1 Å². The van der Waals surface area contributed by atoms with Crippen LogP contribution in [0.15, 0.2) is 84.9 Å². The van der Waals surface area contributed by atoms with E-state index in [1.807, 2.05) is 60.7 Å². The zero-order chi connectivity index (χ0) is 18.8. The maximum Gasteiger partial charge on any atom is 0.339 e. The van der Waals surface area contributed by atoms with Crippen LogP contribution in [0.5, 0.6) is 0 Å². The standard InChI is InChI=1S/C22H15NO4/c24-22(17-11-13-18(14-12-17)23(25)26)27-21-19(15-7-3-1-4-8-15)20(21)16-9-5-2-6-10-16/h1-14,21H. The van der Waals surface area contributed by atoms with Gasteiger partial charge in [0.1, 0.15) is 0 Å². The van der Waals surface area contributed by atoms with Crippen LogP contribution in [0.3, 0.4) is 0 Å². The summed E-state index contributed by atoms with van der Waals surface area (Å²) in [5.74, 6) is -0.505. The molecule has 3 aromatic rings. The largest absolute Gasteiger partial charge is 0.449 e. The van der Waals surface area contributed by atoms with Gasteiger partial charge in [-0.25, -0.2) is 4.79 Å². The summed E-state index contributed by atoms with van der Waals surface area (Å²) in [7, 11) is 0. The molecule has 0 atom stereocenters. The van der Waals surface area contributed by atoms with Crippen molar-refractivity contribution in [3.8, 4) is 0 Å². The Labute approximate surface area is 155 Å². The van der Waals surface area contributed by atoms with Crippen LogP contribution in [0.4, 0.5) is 5.69 Å². The SMILES string of the molecule is O=C(OC1C(c2ccccc2)=C1c1ccccc1)c1ccc([N+](=O)[O-])cc1. The average Bonchev–Trinajstić information content (AvgIpc) is 3.43. The molecule has 0 saturated carbocycles. The molecule has 0 bridgehead atoms. The van der Waals surface area contributed by atoms with Crippen LogP contribution in [0.25, 0.3) is 11.1 Å². The maximum absolute atomic E-state index is 12.5. The highest BCUT2D eigenvalue weighted by Crippen LogP contribution is 2.49. The van der Waals surface area contributed by atoms with Crippen LogP contribution in [-0.2, 0) is 4.74 Å². The summed E-state index contributed by atoms with van der Waals surface area (Å²) >= 11 is 0. The minimum absolute atomic E-state index is 0.0638. The second kappa shape index (κ2) is 6.88. The van der Waals surface area contributed by atoms with E-state index in [9.17, 15) is 14.9 Å². The van der Waals surface area contributed by atoms with Crippen molar-refractivity contribution < 1.29 is 14.5 Å². The van der Waals surface area contributed by atoms with Gasteiger partial charge in [0.05, 0.1) is 10.5 Å². The number of carbonyl (C=O) groups excluding carboxylic acids is 1. The Morgan fingerprint density at radius 2 is 1.26 bits per heavy atom. The maximum atomic E-state index is 12.5. The molecule has 0 amide bonds.